The van der Waals surface area contributed by atoms with E-state index in [0.717, 1.165) is 4.90 Å². The van der Waals surface area contributed by atoms with Crippen LogP contribution in [0.4, 0.5) is 0 Å². The van der Waals surface area contributed by atoms with Crippen LogP contribution in [0.5, 0.6) is 0 Å². The molecule has 1 saturated heterocycles. The summed E-state index contributed by atoms with van der Waals surface area (Å²) in [6, 6.07) is 0. The lowest BCUT2D eigenvalue weighted by atomic mass is 9.60. The summed E-state index contributed by atoms with van der Waals surface area (Å²) in [4.78, 5) is 23.2. The van der Waals surface area contributed by atoms with Gasteiger partial charge in [-0.25, -0.2) is 0 Å². The third kappa shape index (κ3) is 1.33. The first kappa shape index (κ1) is 12.9. The molecule has 1 heterocycles. The molecule has 7 heteroatoms. The summed E-state index contributed by atoms with van der Waals surface area (Å²) in [6.45, 7) is 4.07. The van der Waals surface area contributed by atoms with Crippen molar-refractivity contribution in [1.29, 1.82) is 0 Å². The Balaban J connectivity index is 2.63. The molecule has 0 aromatic rings. The Morgan fingerprint density at radius 3 is 2.33 bits per heavy atom. The molecule has 1 unspecified atom stereocenters. The van der Waals surface area contributed by atoms with Crippen molar-refractivity contribution in [2.24, 2.45) is 11.8 Å². The molecule has 0 saturated carbocycles. The molecule has 0 spiro atoms. The molecule has 0 aromatic carbocycles. The second kappa shape index (κ2) is 3.74. The zero-order valence-corrected chi connectivity index (χ0v) is 10.8. The fourth-order valence-corrected chi connectivity index (χ4v) is 3.68. The topological polar surface area (TPSA) is 90.7 Å². The van der Waals surface area contributed by atoms with Gasteiger partial charge in [0.15, 0.2) is 6.54 Å². The monoisotopic (exact) mass is 256 g/mol. The van der Waals surface area contributed by atoms with Crippen LogP contribution in [0.25, 0.3) is 0 Å². The first-order valence-corrected chi connectivity index (χ1v) is 6.07. The van der Waals surface area contributed by atoms with E-state index in [9.17, 15) is 20.2 Å². The number of rotatable bonds is 2. The third-order valence-electron chi connectivity index (χ3n) is 4.81. The van der Waals surface area contributed by atoms with Crippen LogP contribution < -0.4 is 4.90 Å². The number of likely N-dealkylation sites (tertiary alicyclic amines) is 1. The Bertz CT molecular complexity index is 438. The number of hydrogen-bond donors (Lipinski definition) is 1. The van der Waals surface area contributed by atoms with Gasteiger partial charge < -0.3 is 4.90 Å². The van der Waals surface area contributed by atoms with Gasteiger partial charge in [-0.1, -0.05) is 13.0 Å². The summed E-state index contributed by atoms with van der Waals surface area (Å²) >= 11 is 0. The van der Waals surface area contributed by atoms with Gasteiger partial charge in [0.1, 0.15) is 12.5 Å². The molecule has 2 aliphatic rings. The van der Waals surface area contributed by atoms with Gasteiger partial charge in [-0.05, 0) is 13.0 Å². The number of likely N-dealkylation sites (N-methyl/N-ethyl adjacent to an activating group) is 1. The van der Waals surface area contributed by atoms with E-state index >= 15 is 0 Å². The van der Waals surface area contributed by atoms with Crippen LogP contribution in [0.15, 0.2) is 12.2 Å². The van der Waals surface area contributed by atoms with E-state index in [1.54, 1.807) is 33.0 Å². The predicted octanol–water partition coefficient (Wildman–Crippen LogP) is -0.612. The van der Waals surface area contributed by atoms with Gasteiger partial charge in [-0.2, -0.15) is 0 Å². The van der Waals surface area contributed by atoms with Crippen LogP contribution in [0.1, 0.15) is 13.8 Å². The fraction of sp³-hybridized carbons (Fsp3) is 0.818. The van der Waals surface area contributed by atoms with E-state index in [1.807, 2.05) is 0 Å². The van der Waals surface area contributed by atoms with Crippen LogP contribution in [-0.2, 0) is 0 Å². The summed E-state index contributed by atoms with van der Waals surface area (Å²) < 4.78 is 0. The lowest BCUT2D eigenvalue weighted by Gasteiger charge is -2.47. The highest BCUT2D eigenvalue weighted by Crippen LogP contribution is 2.44. The average molecular weight is 256 g/mol. The van der Waals surface area contributed by atoms with Crippen LogP contribution in [-0.4, -0.2) is 41.1 Å². The fourth-order valence-electron chi connectivity index (χ4n) is 3.68. The van der Waals surface area contributed by atoms with Crippen molar-refractivity contribution in [3.63, 3.8) is 0 Å². The number of quaternary nitrogens is 1. The maximum atomic E-state index is 11.6. The molecular weight excluding hydrogens is 238 g/mol. The number of piperidine rings is 1. The van der Waals surface area contributed by atoms with E-state index in [4.69, 9.17) is 0 Å². The van der Waals surface area contributed by atoms with Gasteiger partial charge in [0.05, 0.1) is 13.0 Å². The van der Waals surface area contributed by atoms with Crippen molar-refractivity contribution in [1.82, 2.24) is 0 Å². The smallest absolute Gasteiger partial charge is 0.297 e. The SMILES string of the molecule is C[C@@H]1C=C[C@@]2([N+](=O)[O-])C[NH+](C)C[C@]1([N+](=O)[O-])[C@@H]2C. The number of fused-ring (bicyclic) bond motifs is 2. The van der Waals surface area contributed by atoms with Crippen LogP contribution in [0.3, 0.4) is 0 Å². The van der Waals surface area contributed by atoms with Gasteiger partial charge in [0, 0.05) is 9.85 Å². The summed E-state index contributed by atoms with van der Waals surface area (Å²) in [6.07, 6.45) is 3.23. The average Bonchev–Trinajstić information content (AvgIpc) is 2.26. The minimum atomic E-state index is -1.30. The van der Waals surface area contributed by atoms with Crippen molar-refractivity contribution in [2.75, 3.05) is 20.1 Å². The Morgan fingerprint density at radius 1 is 1.22 bits per heavy atom. The maximum Gasteiger partial charge on any atom is 0.297 e. The summed E-state index contributed by atoms with van der Waals surface area (Å²) in [5.74, 6) is -0.885. The molecular formula is C11H18N3O4+. The van der Waals surface area contributed by atoms with E-state index in [0.29, 0.717) is 13.1 Å². The molecule has 7 nitrogen and oxygen atoms in total. The van der Waals surface area contributed by atoms with Crippen molar-refractivity contribution >= 4 is 0 Å². The standard InChI is InChI=1S/C11H17N3O4/c1-8-4-5-10(13(15)16)6-12(3)7-11(8,9(10)2)14(17)18/h4-5,8-9H,6-7H2,1-3H3/p+1/t8-,9-,10-,11-/m1/s1. The largest absolute Gasteiger partial charge is 0.325 e. The maximum absolute atomic E-state index is 11.6. The Hall–Kier alpha value is -1.50. The predicted molar refractivity (Wildman–Crippen MR) is 63.5 cm³/mol. The highest BCUT2D eigenvalue weighted by molar-refractivity contribution is 5.20. The number of nitrogens with zero attached hydrogens (tertiary/aromatic N) is 2. The molecule has 0 aromatic heterocycles. The molecule has 2 bridgehead atoms. The molecule has 1 aliphatic heterocycles. The minimum absolute atomic E-state index is 0.286. The van der Waals surface area contributed by atoms with Gasteiger partial charge in [0.25, 0.3) is 11.1 Å². The normalized spacial score (nSPS) is 46.7. The van der Waals surface area contributed by atoms with E-state index in [1.165, 1.54) is 0 Å². The molecule has 5 atom stereocenters. The quantitative estimate of drug-likeness (QED) is 0.405. The van der Waals surface area contributed by atoms with E-state index in [2.05, 4.69) is 0 Å². The second-order valence-corrected chi connectivity index (χ2v) is 5.68. The molecule has 1 fully saturated rings. The first-order chi connectivity index (χ1) is 8.27. The molecule has 2 rings (SSSR count). The molecule has 100 valence electrons. The number of hydrogen-bond acceptors (Lipinski definition) is 4. The van der Waals surface area contributed by atoms with Crippen molar-refractivity contribution in [3.05, 3.63) is 32.4 Å². The highest BCUT2D eigenvalue weighted by atomic mass is 16.6. The van der Waals surface area contributed by atoms with Gasteiger partial charge >= 0.3 is 0 Å². The number of nitro groups is 2. The number of nitrogens with one attached hydrogen (secondary N) is 1. The second-order valence-electron chi connectivity index (χ2n) is 5.68. The van der Waals surface area contributed by atoms with E-state index < -0.39 is 17.0 Å². The molecule has 1 N–H and O–H groups in total. The van der Waals surface area contributed by atoms with Crippen molar-refractivity contribution in [2.45, 2.75) is 24.9 Å². The Kier molecular flexibility index (Phi) is 2.69. The molecule has 18 heavy (non-hydrogen) atoms. The van der Waals surface area contributed by atoms with Gasteiger partial charge in [-0.15, -0.1) is 0 Å². The van der Waals surface area contributed by atoms with Gasteiger partial charge in [0.2, 0.25) is 0 Å². The molecule has 1 aliphatic carbocycles. The van der Waals surface area contributed by atoms with E-state index in [-0.39, 0.29) is 15.8 Å². The summed E-state index contributed by atoms with van der Waals surface area (Å²) in [5.41, 5.74) is -2.54. The Morgan fingerprint density at radius 2 is 1.83 bits per heavy atom. The lowest BCUT2D eigenvalue weighted by Crippen LogP contribution is -3.17. The lowest BCUT2D eigenvalue weighted by molar-refractivity contribution is -0.931. The zero-order valence-electron chi connectivity index (χ0n) is 10.8. The third-order valence-corrected chi connectivity index (χ3v) is 4.81. The van der Waals surface area contributed by atoms with Crippen molar-refractivity contribution in [3.8, 4) is 0 Å². The molecule has 0 radical (unpaired) electrons. The Labute approximate surface area is 105 Å². The minimum Gasteiger partial charge on any atom is -0.325 e. The highest BCUT2D eigenvalue weighted by Gasteiger charge is 2.72. The van der Waals surface area contributed by atoms with Gasteiger partial charge in [-0.3, -0.25) is 20.2 Å². The first-order valence-electron chi connectivity index (χ1n) is 6.07. The summed E-state index contributed by atoms with van der Waals surface area (Å²) in [7, 11) is 1.79. The molecule has 0 amide bonds. The van der Waals surface area contributed by atoms with Crippen molar-refractivity contribution < 1.29 is 14.7 Å². The van der Waals surface area contributed by atoms with Crippen LogP contribution in [0, 0.1) is 32.1 Å². The summed E-state index contributed by atoms with van der Waals surface area (Å²) in [5, 5.41) is 23.0. The van der Waals surface area contributed by atoms with Crippen LogP contribution >= 0.6 is 0 Å². The zero-order chi connectivity index (χ0) is 13.7. The van der Waals surface area contributed by atoms with Crippen LogP contribution in [0.2, 0.25) is 0 Å².